The topological polar surface area (TPSA) is 68.6 Å². The molecule has 1 fully saturated rings. The van der Waals surface area contributed by atoms with Crippen molar-refractivity contribution in [1.29, 1.82) is 0 Å². The van der Waals surface area contributed by atoms with Crippen LogP contribution in [-0.4, -0.2) is 52.9 Å². The lowest BCUT2D eigenvalue weighted by molar-refractivity contribution is 0.0600. The van der Waals surface area contributed by atoms with Crippen molar-refractivity contribution in [1.82, 2.24) is 19.8 Å². The van der Waals surface area contributed by atoms with Crippen LogP contribution in [0.2, 0.25) is 0 Å². The maximum atomic E-state index is 12.4. The number of esters is 1. The van der Waals surface area contributed by atoms with Crippen molar-refractivity contribution in [2.24, 2.45) is 0 Å². The summed E-state index contributed by atoms with van der Waals surface area (Å²) >= 11 is 5.68. The van der Waals surface area contributed by atoms with E-state index < -0.39 is 0 Å². The normalized spacial score (nSPS) is 18.1. The third-order valence-electron chi connectivity index (χ3n) is 5.39. The SMILES string of the molecule is COCCN1C(=S)NC(c2ccccn2)C1c1cccn1-c1ccccc1C(=O)OC. The maximum Gasteiger partial charge on any atom is 0.339 e. The standard InChI is InChI=1S/C23H24N4O3S/c1-29-15-14-27-21(20(25-23(27)31)17-9-5-6-12-24-17)19-11-7-13-26(19)18-10-4-3-8-16(18)22(28)30-2/h3-13,20-21H,14-15H2,1-2H3,(H,25,31). The molecule has 0 radical (unpaired) electrons. The number of nitrogens with zero attached hydrogens (tertiary/aromatic N) is 3. The Balaban J connectivity index is 1.83. The first kappa shape index (κ1) is 21.0. The predicted molar refractivity (Wildman–Crippen MR) is 121 cm³/mol. The zero-order valence-electron chi connectivity index (χ0n) is 17.4. The first-order valence-corrected chi connectivity index (χ1v) is 10.4. The molecule has 1 saturated heterocycles. The van der Waals surface area contributed by atoms with E-state index in [4.69, 9.17) is 21.7 Å². The minimum absolute atomic E-state index is 0.141. The van der Waals surface area contributed by atoms with Gasteiger partial charge in [-0.1, -0.05) is 18.2 Å². The van der Waals surface area contributed by atoms with Crippen molar-refractivity contribution < 1.29 is 14.3 Å². The summed E-state index contributed by atoms with van der Waals surface area (Å²) < 4.78 is 12.3. The molecule has 0 amide bonds. The van der Waals surface area contributed by atoms with E-state index in [2.05, 4.69) is 15.2 Å². The highest BCUT2D eigenvalue weighted by molar-refractivity contribution is 7.80. The van der Waals surface area contributed by atoms with E-state index in [1.165, 1.54) is 7.11 Å². The molecule has 4 rings (SSSR count). The Morgan fingerprint density at radius 3 is 2.68 bits per heavy atom. The van der Waals surface area contributed by atoms with Crippen LogP contribution in [0.4, 0.5) is 0 Å². The third kappa shape index (κ3) is 4.04. The van der Waals surface area contributed by atoms with Crippen molar-refractivity contribution in [2.45, 2.75) is 12.1 Å². The summed E-state index contributed by atoms with van der Waals surface area (Å²) in [5.74, 6) is -0.382. The highest BCUT2D eigenvalue weighted by atomic mass is 32.1. The van der Waals surface area contributed by atoms with Crippen LogP contribution in [0.3, 0.4) is 0 Å². The second-order valence-electron chi connectivity index (χ2n) is 7.12. The zero-order chi connectivity index (χ0) is 21.8. The summed E-state index contributed by atoms with van der Waals surface area (Å²) in [7, 11) is 3.06. The minimum Gasteiger partial charge on any atom is -0.465 e. The Bertz CT molecular complexity index is 1070. The van der Waals surface area contributed by atoms with Gasteiger partial charge in [0.2, 0.25) is 0 Å². The van der Waals surface area contributed by atoms with Gasteiger partial charge >= 0.3 is 5.97 Å². The molecule has 0 bridgehead atoms. The lowest BCUT2D eigenvalue weighted by atomic mass is 10.0. The Kier molecular flexibility index (Phi) is 6.29. The highest BCUT2D eigenvalue weighted by Crippen LogP contribution is 2.39. The summed E-state index contributed by atoms with van der Waals surface area (Å²) in [5.41, 5.74) is 3.12. The van der Waals surface area contributed by atoms with Gasteiger partial charge in [-0.15, -0.1) is 0 Å². The van der Waals surface area contributed by atoms with E-state index in [0.29, 0.717) is 23.8 Å². The lowest BCUT2D eigenvalue weighted by Gasteiger charge is -2.29. The van der Waals surface area contributed by atoms with Crippen LogP contribution in [0.15, 0.2) is 67.0 Å². The first-order valence-electron chi connectivity index (χ1n) is 9.97. The van der Waals surface area contributed by atoms with E-state index in [1.54, 1.807) is 19.4 Å². The minimum atomic E-state index is -0.382. The third-order valence-corrected chi connectivity index (χ3v) is 5.74. The monoisotopic (exact) mass is 436 g/mol. The first-order chi connectivity index (χ1) is 15.2. The van der Waals surface area contributed by atoms with Crippen LogP contribution in [0.25, 0.3) is 5.69 Å². The number of hydrogen-bond donors (Lipinski definition) is 1. The van der Waals surface area contributed by atoms with Crippen LogP contribution in [0, 0.1) is 0 Å². The summed E-state index contributed by atoms with van der Waals surface area (Å²) in [6.07, 6.45) is 3.73. The van der Waals surface area contributed by atoms with Gasteiger partial charge in [0.15, 0.2) is 5.11 Å². The molecule has 2 atom stereocenters. The Morgan fingerprint density at radius 1 is 1.13 bits per heavy atom. The molecule has 8 heteroatoms. The average Bonchev–Trinajstić information content (AvgIpc) is 3.41. The van der Waals surface area contributed by atoms with Crippen molar-refractivity contribution in [3.8, 4) is 5.69 Å². The molecule has 0 aliphatic carbocycles. The van der Waals surface area contributed by atoms with Gasteiger partial charge in [0.1, 0.15) is 0 Å². The van der Waals surface area contributed by atoms with E-state index >= 15 is 0 Å². The molecule has 3 heterocycles. The van der Waals surface area contributed by atoms with E-state index in [9.17, 15) is 4.79 Å². The lowest BCUT2D eigenvalue weighted by Crippen LogP contribution is -2.33. The summed E-state index contributed by atoms with van der Waals surface area (Å²) in [6.45, 7) is 1.16. The number of carbonyl (C=O) groups is 1. The zero-order valence-corrected chi connectivity index (χ0v) is 18.2. The highest BCUT2D eigenvalue weighted by Gasteiger charge is 2.41. The fourth-order valence-electron chi connectivity index (χ4n) is 3.98. The Hall–Kier alpha value is -3.23. The molecule has 7 nitrogen and oxygen atoms in total. The second kappa shape index (κ2) is 9.28. The van der Waals surface area contributed by atoms with Gasteiger partial charge in [-0.05, 0) is 48.6 Å². The van der Waals surface area contributed by atoms with E-state index in [1.807, 2.05) is 59.3 Å². The van der Waals surface area contributed by atoms with Gasteiger partial charge in [0.25, 0.3) is 0 Å². The number of rotatable bonds is 7. The van der Waals surface area contributed by atoms with Crippen molar-refractivity contribution in [3.63, 3.8) is 0 Å². The number of methoxy groups -OCH3 is 2. The number of hydrogen-bond acceptors (Lipinski definition) is 5. The molecule has 2 unspecified atom stereocenters. The van der Waals surface area contributed by atoms with E-state index in [0.717, 1.165) is 17.1 Å². The smallest absolute Gasteiger partial charge is 0.339 e. The van der Waals surface area contributed by atoms with Gasteiger partial charge in [0, 0.05) is 31.7 Å². The maximum absolute atomic E-state index is 12.4. The summed E-state index contributed by atoms with van der Waals surface area (Å²) in [6, 6.07) is 17.0. The van der Waals surface area contributed by atoms with Crippen molar-refractivity contribution in [2.75, 3.05) is 27.4 Å². The van der Waals surface area contributed by atoms with Gasteiger partial charge in [-0.25, -0.2) is 4.79 Å². The fourth-order valence-corrected chi connectivity index (χ4v) is 4.31. The predicted octanol–water partition coefficient (Wildman–Crippen LogP) is 3.28. The molecule has 0 spiro atoms. The molecule has 160 valence electrons. The largest absolute Gasteiger partial charge is 0.465 e. The number of nitrogens with one attached hydrogen (secondary N) is 1. The average molecular weight is 437 g/mol. The Labute approximate surface area is 186 Å². The van der Waals surface area contributed by atoms with Crippen LogP contribution < -0.4 is 5.32 Å². The Morgan fingerprint density at radius 2 is 1.94 bits per heavy atom. The van der Waals surface area contributed by atoms with Gasteiger partial charge in [-0.2, -0.15) is 0 Å². The van der Waals surface area contributed by atoms with Crippen LogP contribution in [0.1, 0.15) is 33.8 Å². The second-order valence-corrected chi connectivity index (χ2v) is 7.51. The van der Waals surface area contributed by atoms with Crippen LogP contribution in [-0.2, 0) is 9.47 Å². The number of aromatic nitrogens is 2. The molecule has 3 aromatic rings. The fraction of sp³-hybridized carbons (Fsp3) is 0.261. The number of pyridine rings is 1. The molecule has 1 aliphatic rings. The number of carbonyl (C=O) groups excluding carboxylic acids is 1. The van der Waals surface area contributed by atoms with E-state index in [-0.39, 0.29) is 18.1 Å². The molecule has 1 aliphatic heterocycles. The van der Waals surface area contributed by atoms with Crippen LogP contribution >= 0.6 is 12.2 Å². The number of para-hydroxylation sites is 1. The number of ether oxygens (including phenoxy) is 2. The molecular formula is C23H24N4O3S. The van der Waals surface area contributed by atoms with Crippen molar-refractivity contribution in [3.05, 3.63) is 83.9 Å². The van der Waals surface area contributed by atoms with Gasteiger partial charge in [-0.3, -0.25) is 4.98 Å². The molecule has 2 aromatic heterocycles. The summed E-state index contributed by atoms with van der Waals surface area (Å²) in [4.78, 5) is 19.1. The van der Waals surface area contributed by atoms with Gasteiger partial charge in [0.05, 0.1) is 42.7 Å². The number of thiocarbonyl (C=S) groups is 1. The summed E-state index contributed by atoms with van der Waals surface area (Å²) in [5, 5.41) is 4.07. The quantitative estimate of drug-likeness (QED) is 0.450. The molecule has 1 N–H and O–H groups in total. The van der Waals surface area contributed by atoms with Crippen molar-refractivity contribution >= 4 is 23.3 Å². The number of benzene rings is 1. The molecular weight excluding hydrogens is 412 g/mol. The van der Waals surface area contributed by atoms with Gasteiger partial charge < -0.3 is 24.3 Å². The van der Waals surface area contributed by atoms with Crippen LogP contribution in [0.5, 0.6) is 0 Å². The molecule has 31 heavy (non-hydrogen) atoms. The molecule has 1 aromatic carbocycles. The molecule has 0 saturated carbocycles.